The Morgan fingerprint density at radius 3 is 2.78 bits per heavy atom. The largest absolute Gasteiger partial charge is 0.383 e. The van der Waals surface area contributed by atoms with Crippen LogP contribution in [0.4, 0.5) is 5.82 Å². The second-order valence-corrected chi connectivity index (χ2v) is 5.10. The molecule has 2 rings (SSSR count). The number of rotatable bonds is 4. The molecule has 0 aliphatic carbocycles. The molecule has 0 saturated carbocycles. The summed E-state index contributed by atoms with van der Waals surface area (Å²) >= 11 is 7.26. The maximum Gasteiger partial charge on any atom is 0.176 e. The fourth-order valence-electron chi connectivity index (χ4n) is 1.42. The molecular formula is C13H11ClN2OS. The molecule has 1 aromatic heterocycles. The number of pyridine rings is 1. The number of nitrogens with two attached hydrogens (primary N) is 1. The summed E-state index contributed by atoms with van der Waals surface area (Å²) in [7, 11) is 0. The van der Waals surface area contributed by atoms with Crippen molar-refractivity contribution in [2.45, 2.75) is 4.90 Å². The summed E-state index contributed by atoms with van der Waals surface area (Å²) < 4.78 is 0. The second-order valence-electron chi connectivity index (χ2n) is 3.61. The predicted molar refractivity (Wildman–Crippen MR) is 75.2 cm³/mol. The summed E-state index contributed by atoms with van der Waals surface area (Å²) in [6, 6.07) is 11.3. The topological polar surface area (TPSA) is 56.0 Å². The Morgan fingerprint density at radius 1 is 1.33 bits per heavy atom. The molecule has 0 bridgehead atoms. The highest BCUT2D eigenvalue weighted by Gasteiger charge is 2.11. The zero-order valence-corrected chi connectivity index (χ0v) is 11.0. The van der Waals surface area contributed by atoms with E-state index < -0.39 is 0 Å². The van der Waals surface area contributed by atoms with Crippen LogP contribution in [0.25, 0.3) is 0 Å². The fourth-order valence-corrected chi connectivity index (χ4v) is 2.38. The molecule has 0 amide bonds. The van der Waals surface area contributed by atoms with Crippen molar-refractivity contribution < 1.29 is 4.79 Å². The van der Waals surface area contributed by atoms with Crippen LogP contribution in [0.3, 0.4) is 0 Å². The third-order valence-corrected chi connectivity index (χ3v) is 3.52. The van der Waals surface area contributed by atoms with Gasteiger partial charge in [0.15, 0.2) is 5.78 Å². The molecular weight excluding hydrogens is 268 g/mol. The number of hydrogen-bond donors (Lipinski definition) is 1. The van der Waals surface area contributed by atoms with Crippen molar-refractivity contribution in [3.8, 4) is 0 Å². The van der Waals surface area contributed by atoms with Gasteiger partial charge >= 0.3 is 0 Å². The van der Waals surface area contributed by atoms with Crippen molar-refractivity contribution in [1.82, 2.24) is 4.98 Å². The van der Waals surface area contributed by atoms with Crippen LogP contribution in [-0.4, -0.2) is 16.5 Å². The van der Waals surface area contributed by atoms with Crippen LogP contribution in [0.5, 0.6) is 0 Å². The van der Waals surface area contributed by atoms with Crippen LogP contribution in [0.15, 0.2) is 47.5 Å². The Morgan fingerprint density at radius 2 is 2.06 bits per heavy atom. The average Bonchev–Trinajstić information content (AvgIpc) is 2.40. The molecule has 0 radical (unpaired) electrons. The summed E-state index contributed by atoms with van der Waals surface area (Å²) in [4.78, 5) is 16.9. The van der Waals surface area contributed by atoms with Crippen LogP contribution in [0, 0.1) is 0 Å². The van der Waals surface area contributed by atoms with E-state index in [4.69, 9.17) is 17.3 Å². The van der Waals surface area contributed by atoms with Gasteiger partial charge in [0.05, 0.1) is 16.3 Å². The number of nitrogens with zero attached hydrogens (tertiary/aromatic N) is 1. The molecule has 0 aliphatic heterocycles. The van der Waals surface area contributed by atoms with Gasteiger partial charge in [0, 0.05) is 11.1 Å². The lowest BCUT2D eigenvalue weighted by Crippen LogP contribution is -2.07. The van der Waals surface area contributed by atoms with Crippen molar-refractivity contribution in [3.05, 3.63) is 53.2 Å². The number of nitrogen functional groups attached to an aromatic ring is 1. The first-order valence-electron chi connectivity index (χ1n) is 5.29. The van der Waals surface area contributed by atoms with Crippen molar-refractivity contribution in [3.63, 3.8) is 0 Å². The minimum absolute atomic E-state index is 0.0728. The van der Waals surface area contributed by atoms with Crippen LogP contribution >= 0.6 is 23.4 Å². The summed E-state index contributed by atoms with van der Waals surface area (Å²) in [5.41, 5.74) is 6.04. The zero-order chi connectivity index (χ0) is 13.0. The molecule has 2 aromatic rings. The van der Waals surface area contributed by atoms with Crippen LogP contribution in [0.2, 0.25) is 5.02 Å². The third kappa shape index (κ3) is 3.24. The van der Waals surface area contributed by atoms with E-state index in [2.05, 4.69) is 4.98 Å². The Labute approximate surface area is 114 Å². The molecule has 5 heteroatoms. The van der Waals surface area contributed by atoms with E-state index in [9.17, 15) is 4.79 Å². The van der Waals surface area contributed by atoms with Gasteiger partial charge in [-0.15, -0.1) is 11.8 Å². The number of ketones is 1. The lowest BCUT2D eigenvalue weighted by Gasteiger charge is -2.04. The SMILES string of the molecule is Nc1ncc(Cl)cc1C(=O)CSc1ccccc1. The standard InChI is InChI=1S/C13H11ClN2OS/c14-9-6-11(13(15)16-7-9)12(17)8-18-10-4-2-1-3-5-10/h1-7H,8H2,(H2,15,16). The van der Waals surface area contributed by atoms with E-state index >= 15 is 0 Å². The predicted octanol–water partition coefficient (Wildman–Crippen LogP) is 3.29. The van der Waals surface area contributed by atoms with Crippen LogP contribution in [-0.2, 0) is 0 Å². The Hall–Kier alpha value is -1.52. The van der Waals surface area contributed by atoms with E-state index in [0.717, 1.165) is 4.90 Å². The molecule has 0 spiro atoms. The monoisotopic (exact) mass is 278 g/mol. The molecule has 18 heavy (non-hydrogen) atoms. The first-order valence-corrected chi connectivity index (χ1v) is 6.65. The first-order chi connectivity index (χ1) is 8.66. The molecule has 1 aromatic carbocycles. The summed E-state index contributed by atoms with van der Waals surface area (Å²) in [6.45, 7) is 0. The number of carbonyl (C=O) groups excluding carboxylic acids is 1. The number of aromatic nitrogens is 1. The van der Waals surface area contributed by atoms with Gasteiger partial charge in [-0.1, -0.05) is 29.8 Å². The van der Waals surface area contributed by atoms with Gasteiger partial charge < -0.3 is 5.73 Å². The van der Waals surface area contributed by atoms with Gasteiger partial charge in [-0.3, -0.25) is 4.79 Å². The number of carbonyl (C=O) groups is 1. The number of halogens is 1. The van der Waals surface area contributed by atoms with Crippen molar-refractivity contribution >= 4 is 35.0 Å². The maximum absolute atomic E-state index is 12.0. The minimum Gasteiger partial charge on any atom is -0.383 e. The highest BCUT2D eigenvalue weighted by molar-refractivity contribution is 8.00. The molecule has 1 heterocycles. The zero-order valence-electron chi connectivity index (χ0n) is 9.47. The molecule has 2 N–H and O–H groups in total. The van der Waals surface area contributed by atoms with Gasteiger partial charge in [0.1, 0.15) is 5.82 Å². The highest BCUT2D eigenvalue weighted by atomic mass is 35.5. The highest BCUT2D eigenvalue weighted by Crippen LogP contribution is 2.21. The molecule has 0 aliphatic rings. The molecule has 0 unspecified atom stereocenters. The van der Waals surface area contributed by atoms with Gasteiger partial charge in [-0.05, 0) is 18.2 Å². The Bertz CT molecular complexity index is 560. The van der Waals surface area contributed by atoms with Crippen LogP contribution in [0.1, 0.15) is 10.4 Å². The van der Waals surface area contributed by atoms with E-state index in [-0.39, 0.29) is 11.6 Å². The second kappa shape index (κ2) is 5.89. The number of thioether (sulfide) groups is 1. The van der Waals surface area contributed by atoms with Gasteiger partial charge in [0.2, 0.25) is 0 Å². The first kappa shape index (κ1) is 12.9. The number of hydrogen-bond acceptors (Lipinski definition) is 4. The molecule has 0 saturated heterocycles. The molecule has 3 nitrogen and oxygen atoms in total. The molecule has 0 atom stereocenters. The van der Waals surface area contributed by atoms with Gasteiger partial charge in [-0.25, -0.2) is 4.98 Å². The molecule has 0 fully saturated rings. The average molecular weight is 279 g/mol. The number of Topliss-reactive ketones (excluding diaryl/α,β-unsaturated/α-hetero) is 1. The van der Waals surface area contributed by atoms with E-state index in [1.54, 1.807) is 6.07 Å². The maximum atomic E-state index is 12.0. The van der Waals surface area contributed by atoms with Crippen molar-refractivity contribution in [2.75, 3.05) is 11.5 Å². The summed E-state index contributed by atoms with van der Waals surface area (Å²) in [6.07, 6.45) is 1.43. The van der Waals surface area contributed by atoms with Gasteiger partial charge in [0.25, 0.3) is 0 Å². The lowest BCUT2D eigenvalue weighted by molar-refractivity contribution is 0.102. The summed E-state index contributed by atoms with van der Waals surface area (Å²) in [5.74, 6) is 0.463. The van der Waals surface area contributed by atoms with E-state index in [0.29, 0.717) is 16.3 Å². The van der Waals surface area contributed by atoms with Gasteiger partial charge in [-0.2, -0.15) is 0 Å². The van der Waals surface area contributed by atoms with Crippen molar-refractivity contribution in [1.29, 1.82) is 0 Å². The van der Waals surface area contributed by atoms with E-state index in [1.165, 1.54) is 18.0 Å². The number of benzene rings is 1. The van der Waals surface area contributed by atoms with E-state index in [1.807, 2.05) is 30.3 Å². The lowest BCUT2D eigenvalue weighted by atomic mass is 10.2. The third-order valence-electron chi connectivity index (χ3n) is 2.30. The summed E-state index contributed by atoms with van der Waals surface area (Å²) in [5, 5.41) is 0.414. The Balaban J connectivity index is 2.06. The number of anilines is 1. The normalized spacial score (nSPS) is 10.3. The van der Waals surface area contributed by atoms with Crippen LogP contribution < -0.4 is 5.73 Å². The minimum atomic E-state index is -0.0728. The molecule has 92 valence electrons. The quantitative estimate of drug-likeness (QED) is 0.689. The fraction of sp³-hybridized carbons (Fsp3) is 0.0769. The smallest absolute Gasteiger partial charge is 0.176 e. The Kier molecular flexibility index (Phi) is 4.23. The van der Waals surface area contributed by atoms with Crippen molar-refractivity contribution in [2.24, 2.45) is 0 Å².